The van der Waals surface area contributed by atoms with Crippen molar-refractivity contribution in [3.05, 3.63) is 29.8 Å². The largest absolute Gasteiger partial charge is 0.389 e. The smallest absolute Gasteiger partial charge is 0.324 e. The number of nitrogens with one attached hydrogen (secondary N) is 2. The normalized spacial score (nSPS) is 14.0. The maximum atomic E-state index is 11.8. The van der Waals surface area contributed by atoms with E-state index in [0.717, 1.165) is 4.90 Å². The van der Waals surface area contributed by atoms with Crippen LogP contribution >= 0.6 is 12.2 Å². The van der Waals surface area contributed by atoms with Crippen LogP contribution in [-0.2, 0) is 9.59 Å². The number of hydrogen-bond donors (Lipinski definition) is 3. The lowest BCUT2D eigenvalue weighted by Crippen LogP contribution is -2.33. The van der Waals surface area contributed by atoms with Crippen molar-refractivity contribution < 1.29 is 14.4 Å². The summed E-state index contributed by atoms with van der Waals surface area (Å²) in [5.41, 5.74) is 6.78. The van der Waals surface area contributed by atoms with Crippen LogP contribution in [0.5, 0.6) is 0 Å². The van der Waals surface area contributed by atoms with Gasteiger partial charge in [-0.25, -0.2) is 4.79 Å². The molecule has 2 rings (SSSR count). The fourth-order valence-electron chi connectivity index (χ4n) is 1.84. The fraction of sp³-hybridized carbons (Fsp3) is 0.231. The van der Waals surface area contributed by atoms with Crippen LogP contribution < -0.4 is 16.4 Å². The number of amides is 4. The molecule has 21 heavy (non-hydrogen) atoms. The zero-order valence-corrected chi connectivity index (χ0v) is 11.9. The predicted octanol–water partition coefficient (Wildman–Crippen LogP) is 0.201. The van der Waals surface area contributed by atoms with Gasteiger partial charge in [0.15, 0.2) is 0 Å². The molecule has 1 fully saturated rings. The number of nitrogens with zero attached hydrogens (tertiary/aromatic N) is 1. The highest BCUT2D eigenvalue weighted by atomic mass is 32.1. The minimum absolute atomic E-state index is 0.0130. The first-order chi connectivity index (χ1) is 9.97. The molecule has 4 N–H and O–H groups in total. The van der Waals surface area contributed by atoms with E-state index < -0.39 is 6.03 Å². The van der Waals surface area contributed by atoms with E-state index in [0.29, 0.717) is 11.3 Å². The van der Waals surface area contributed by atoms with Gasteiger partial charge >= 0.3 is 6.03 Å². The second-order valence-corrected chi connectivity index (χ2v) is 4.88. The van der Waals surface area contributed by atoms with Crippen LogP contribution in [0.4, 0.5) is 10.5 Å². The Morgan fingerprint density at radius 3 is 2.52 bits per heavy atom. The number of anilines is 1. The average molecular weight is 306 g/mol. The van der Waals surface area contributed by atoms with Crippen LogP contribution in [0, 0.1) is 0 Å². The van der Waals surface area contributed by atoms with Crippen molar-refractivity contribution in [2.75, 3.05) is 18.4 Å². The van der Waals surface area contributed by atoms with Crippen molar-refractivity contribution in [2.24, 2.45) is 5.73 Å². The summed E-state index contributed by atoms with van der Waals surface area (Å²) >= 11 is 4.83. The van der Waals surface area contributed by atoms with Crippen LogP contribution in [0.3, 0.4) is 0 Å². The molecule has 1 aliphatic heterocycles. The van der Waals surface area contributed by atoms with Crippen LogP contribution in [0.25, 0.3) is 0 Å². The number of benzene rings is 1. The molecular weight excluding hydrogens is 292 g/mol. The summed E-state index contributed by atoms with van der Waals surface area (Å²) in [5.74, 6) is -0.612. The lowest BCUT2D eigenvalue weighted by molar-refractivity contribution is -0.125. The third-order valence-corrected chi connectivity index (χ3v) is 3.19. The third kappa shape index (κ3) is 3.76. The molecule has 7 nitrogen and oxygen atoms in total. The Hall–Kier alpha value is -2.48. The molecule has 0 bridgehead atoms. The number of carbonyl (C=O) groups is 3. The molecule has 1 saturated heterocycles. The number of rotatable bonds is 5. The minimum Gasteiger partial charge on any atom is -0.389 e. The SMILES string of the molecule is NC(=S)c1ccc(NC(=O)CCN2C(=O)CNC2=O)cc1. The van der Waals surface area contributed by atoms with Crippen molar-refractivity contribution in [2.45, 2.75) is 6.42 Å². The molecule has 0 unspecified atom stereocenters. The lowest BCUT2D eigenvalue weighted by Gasteiger charge is -2.12. The highest BCUT2D eigenvalue weighted by Crippen LogP contribution is 2.10. The summed E-state index contributed by atoms with van der Waals surface area (Å²) in [5, 5.41) is 5.06. The van der Waals surface area contributed by atoms with Crippen molar-refractivity contribution >= 4 is 40.7 Å². The molecule has 0 atom stereocenters. The lowest BCUT2D eigenvalue weighted by atomic mass is 10.2. The average Bonchev–Trinajstić information content (AvgIpc) is 2.76. The topological polar surface area (TPSA) is 105 Å². The first kappa shape index (κ1) is 14.9. The standard InChI is InChI=1S/C13H14N4O3S/c14-12(21)8-1-3-9(4-2-8)16-10(18)5-6-17-11(19)7-15-13(17)20/h1-4H,5-7H2,(H2,14,21)(H,15,20)(H,16,18). The number of imide groups is 1. The van der Waals surface area contributed by atoms with Crippen LogP contribution in [0.2, 0.25) is 0 Å². The van der Waals surface area contributed by atoms with E-state index >= 15 is 0 Å². The molecule has 0 spiro atoms. The van der Waals surface area contributed by atoms with Crippen LogP contribution in [0.15, 0.2) is 24.3 Å². The van der Waals surface area contributed by atoms with Crippen LogP contribution in [-0.4, -0.2) is 40.8 Å². The molecule has 0 aliphatic carbocycles. The number of hydrogen-bond acceptors (Lipinski definition) is 4. The quantitative estimate of drug-likeness (QED) is 0.532. The molecule has 1 heterocycles. The van der Waals surface area contributed by atoms with Gasteiger partial charge in [0, 0.05) is 24.2 Å². The highest BCUT2D eigenvalue weighted by molar-refractivity contribution is 7.80. The summed E-state index contributed by atoms with van der Waals surface area (Å²) in [6.07, 6.45) is 0.0379. The third-order valence-electron chi connectivity index (χ3n) is 2.95. The zero-order valence-electron chi connectivity index (χ0n) is 11.1. The van der Waals surface area contributed by atoms with Crippen LogP contribution in [0.1, 0.15) is 12.0 Å². The Kier molecular flexibility index (Phi) is 4.49. The number of nitrogens with two attached hydrogens (primary N) is 1. The van der Waals surface area contributed by atoms with E-state index in [9.17, 15) is 14.4 Å². The molecule has 1 aromatic carbocycles. The summed E-state index contributed by atoms with van der Waals surface area (Å²) in [7, 11) is 0. The molecule has 0 aromatic heterocycles. The Labute approximate surface area is 126 Å². The molecular formula is C13H14N4O3S. The maximum absolute atomic E-state index is 11.8. The summed E-state index contributed by atoms with van der Waals surface area (Å²) < 4.78 is 0. The summed E-state index contributed by atoms with van der Waals surface area (Å²) in [4.78, 5) is 35.7. The van der Waals surface area contributed by atoms with Gasteiger partial charge in [0.05, 0.1) is 6.54 Å². The summed E-state index contributed by atoms with van der Waals surface area (Å²) in [6.45, 7) is 0.0440. The number of urea groups is 1. The van der Waals surface area contributed by atoms with Gasteiger partial charge in [-0.15, -0.1) is 0 Å². The molecule has 110 valence electrons. The van der Waals surface area contributed by atoms with Crippen molar-refractivity contribution in [1.82, 2.24) is 10.2 Å². The molecule has 4 amide bonds. The van der Waals surface area contributed by atoms with E-state index in [1.54, 1.807) is 24.3 Å². The van der Waals surface area contributed by atoms with Gasteiger partial charge in [0.2, 0.25) is 11.8 Å². The predicted molar refractivity (Wildman–Crippen MR) is 80.7 cm³/mol. The van der Waals surface area contributed by atoms with Crippen molar-refractivity contribution in [1.29, 1.82) is 0 Å². The highest BCUT2D eigenvalue weighted by Gasteiger charge is 2.28. The van der Waals surface area contributed by atoms with Gasteiger partial charge in [0.25, 0.3) is 0 Å². The molecule has 0 saturated carbocycles. The van der Waals surface area contributed by atoms with Crippen molar-refractivity contribution in [3.8, 4) is 0 Å². The van der Waals surface area contributed by atoms with E-state index in [4.69, 9.17) is 18.0 Å². The van der Waals surface area contributed by atoms with E-state index in [1.165, 1.54) is 0 Å². The fourth-order valence-corrected chi connectivity index (χ4v) is 1.97. The van der Waals surface area contributed by atoms with Gasteiger partial charge in [-0.1, -0.05) is 12.2 Å². The van der Waals surface area contributed by atoms with Gasteiger partial charge in [0.1, 0.15) is 4.99 Å². The number of thiocarbonyl (C=S) groups is 1. The maximum Gasteiger partial charge on any atom is 0.324 e. The van der Waals surface area contributed by atoms with Gasteiger partial charge in [-0.3, -0.25) is 14.5 Å². The molecule has 8 heteroatoms. The van der Waals surface area contributed by atoms with E-state index in [1.807, 2.05) is 0 Å². The minimum atomic E-state index is -0.464. The zero-order chi connectivity index (χ0) is 15.4. The molecule has 1 aliphatic rings. The first-order valence-electron chi connectivity index (χ1n) is 6.25. The monoisotopic (exact) mass is 306 g/mol. The number of carbonyl (C=O) groups excluding carboxylic acids is 3. The molecule has 1 aromatic rings. The van der Waals surface area contributed by atoms with E-state index in [-0.39, 0.29) is 36.3 Å². The van der Waals surface area contributed by atoms with Gasteiger partial charge < -0.3 is 16.4 Å². The second kappa shape index (κ2) is 6.31. The van der Waals surface area contributed by atoms with Gasteiger partial charge in [-0.2, -0.15) is 0 Å². The first-order valence-corrected chi connectivity index (χ1v) is 6.66. The Morgan fingerprint density at radius 2 is 2.00 bits per heavy atom. The van der Waals surface area contributed by atoms with Crippen molar-refractivity contribution in [3.63, 3.8) is 0 Å². The Morgan fingerprint density at radius 1 is 1.33 bits per heavy atom. The van der Waals surface area contributed by atoms with E-state index in [2.05, 4.69) is 10.6 Å². The summed E-state index contributed by atoms with van der Waals surface area (Å²) in [6, 6.07) is 6.30. The Bertz CT molecular complexity index is 584. The Balaban J connectivity index is 1.85. The van der Waals surface area contributed by atoms with Gasteiger partial charge in [-0.05, 0) is 24.3 Å². The second-order valence-electron chi connectivity index (χ2n) is 4.44. The molecule has 0 radical (unpaired) electrons.